The van der Waals surface area contributed by atoms with Gasteiger partial charge in [-0.05, 0) is 55.0 Å². The van der Waals surface area contributed by atoms with Crippen LogP contribution in [0, 0.1) is 11.3 Å². The third-order valence-corrected chi connectivity index (χ3v) is 5.12. The van der Waals surface area contributed by atoms with E-state index in [4.69, 9.17) is 14.5 Å². The molecule has 4 rings (SSSR count). The second kappa shape index (κ2) is 9.80. The van der Waals surface area contributed by atoms with Gasteiger partial charge >= 0.3 is 0 Å². The van der Waals surface area contributed by atoms with Crippen LogP contribution < -0.4 is 14.8 Å². The number of fused-ring (bicyclic) bond motifs is 1. The predicted octanol–water partition coefficient (Wildman–Crippen LogP) is 5.42. The van der Waals surface area contributed by atoms with Gasteiger partial charge in [0.25, 0.3) is 0 Å². The van der Waals surface area contributed by atoms with E-state index < -0.39 is 0 Å². The van der Waals surface area contributed by atoms with E-state index >= 15 is 0 Å². The van der Waals surface area contributed by atoms with Gasteiger partial charge < -0.3 is 14.8 Å². The van der Waals surface area contributed by atoms with Crippen molar-refractivity contribution in [1.82, 2.24) is 4.98 Å². The first-order valence-corrected chi connectivity index (χ1v) is 10.6. The van der Waals surface area contributed by atoms with Crippen molar-refractivity contribution >= 4 is 17.0 Å². The molecule has 0 bridgehead atoms. The van der Waals surface area contributed by atoms with Gasteiger partial charge in [-0.1, -0.05) is 19.4 Å². The maximum Gasteiger partial charge on any atom is 0.151 e. The van der Waals surface area contributed by atoms with Gasteiger partial charge in [-0.2, -0.15) is 5.26 Å². The molecule has 160 valence electrons. The number of nitrogens with one attached hydrogen (secondary N) is 1. The molecule has 0 fully saturated rings. The minimum absolute atomic E-state index is 0.375. The molecule has 1 aliphatic rings. The molecule has 0 radical (unpaired) electrons. The highest BCUT2D eigenvalue weighted by atomic mass is 16.5. The van der Waals surface area contributed by atoms with E-state index in [1.54, 1.807) is 19.4 Å². The summed E-state index contributed by atoms with van der Waals surface area (Å²) in [5, 5.41) is 13.2. The molecule has 0 amide bonds. The monoisotopic (exact) mass is 424 g/mol. The number of aliphatic imine (C=N–C) groups is 1. The van der Waals surface area contributed by atoms with Gasteiger partial charge in [0.15, 0.2) is 5.82 Å². The number of nitrogens with zero attached hydrogens (tertiary/aromatic N) is 3. The summed E-state index contributed by atoms with van der Waals surface area (Å²) in [7, 11) is 1.64. The molecule has 6 heteroatoms. The van der Waals surface area contributed by atoms with E-state index in [-0.39, 0.29) is 0 Å². The van der Waals surface area contributed by atoms with Gasteiger partial charge in [-0.15, -0.1) is 0 Å². The molecule has 1 aliphatic heterocycles. The van der Waals surface area contributed by atoms with Crippen LogP contribution in [-0.2, 0) is 0 Å². The smallest absolute Gasteiger partial charge is 0.151 e. The number of ether oxygens (including phenoxy) is 2. The van der Waals surface area contributed by atoms with Crippen LogP contribution in [-0.4, -0.2) is 24.4 Å². The highest BCUT2D eigenvalue weighted by Crippen LogP contribution is 2.33. The van der Waals surface area contributed by atoms with Crippen LogP contribution >= 0.6 is 0 Å². The Morgan fingerprint density at radius 3 is 2.56 bits per heavy atom. The third kappa shape index (κ3) is 4.47. The van der Waals surface area contributed by atoms with Gasteiger partial charge in [0.05, 0.1) is 30.8 Å². The zero-order valence-corrected chi connectivity index (χ0v) is 18.1. The SMILES string of the molecule is CCCCOc1ccc2c(c1)N/C(=C(/C#N)c1ccccn1)N=C2c1ccc(OC)cc1. The summed E-state index contributed by atoms with van der Waals surface area (Å²) in [5.74, 6) is 2.00. The number of nitriles is 1. The fraction of sp³-hybridized carbons (Fsp3) is 0.192. The Morgan fingerprint density at radius 1 is 1.06 bits per heavy atom. The van der Waals surface area contributed by atoms with E-state index in [2.05, 4.69) is 23.3 Å². The second-order valence-corrected chi connectivity index (χ2v) is 7.27. The summed E-state index contributed by atoms with van der Waals surface area (Å²) in [6.07, 6.45) is 3.73. The van der Waals surface area contributed by atoms with Crippen LogP contribution in [0.2, 0.25) is 0 Å². The fourth-order valence-corrected chi connectivity index (χ4v) is 3.41. The molecule has 6 nitrogen and oxygen atoms in total. The maximum absolute atomic E-state index is 9.90. The number of pyridine rings is 1. The fourth-order valence-electron chi connectivity index (χ4n) is 3.41. The Morgan fingerprint density at radius 2 is 1.88 bits per heavy atom. The first kappa shape index (κ1) is 21.1. The standard InChI is InChI=1S/C26H24N4O2/c1-3-4-15-32-20-12-13-21-24(16-20)29-26(22(17-27)23-7-5-6-14-28-23)30-25(21)18-8-10-19(31-2)11-9-18/h5-14,16,29H,3-4,15H2,1-2H3/b26-22+. The average molecular weight is 425 g/mol. The quantitative estimate of drug-likeness (QED) is 0.404. The van der Waals surface area contributed by atoms with E-state index in [9.17, 15) is 5.26 Å². The number of benzene rings is 2. The summed E-state index contributed by atoms with van der Waals surface area (Å²) in [5.41, 5.74) is 4.39. The summed E-state index contributed by atoms with van der Waals surface area (Å²) in [6.45, 7) is 2.79. The van der Waals surface area contributed by atoms with Gasteiger partial charge in [0.2, 0.25) is 0 Å². The lowest BCUT2D eigenvalue weighted by Gasteiger charge is -2.22. The Balaban J connectivity index is 1.83. The largest absolute Gasteiger partial charge is 0.497 e. The minimum atomic E-state index is 0.375. The first-order valence-electron chi connectivity index (χ1n) is 10.6. The summed E-state index contributed by atoms with van der Waals surface area (Å²) >= 11 is 0. The molecule has 0 saturated heterocycles. The van der Waals surface area contributed by atoms with Crippen LogP contribution in [0.15, 0.2) is 77.7 Å². The molecule has 2 heterocycles. The van der Waals surface area contributed by atoms with Crippen LogP contribution in [0.25, 0.3) is 5.57 Å². The Labute approximate surface area is 187 Å². The number of rotatable bonds is 7. The number of hydrogen-bond donors (Lipinski definition) is 1. The van der Waals surface area contributed by atoms with Crippen LogP contribution in [0.5, 0.6) is 11.5 Å². The molecule has 1 aromatic heterocycles. The van der Waals surface area contributed by atoms with E-state index in [1.807, 2.05) is 54.6 Å². The molecule has 0 unspecified atom stereocenters. The van der Waals surface area contributed by atoms with Crippen molar-refractivity contribution in [3.05, 3.63) is 89.5 Å². The molecule has 1 N–H and O–H groups in total. The van der Waals surface area contributed by atoms with Gasteiger partial charge in [-0.3, -0.25) is 4.98 Å². The summed E-state index contributed by atoms with van der Waals surface area (Å²) in [6, 6.07) is 21.4. The van der Waals surface area contributed by atoms with Crippen molar-refractivity contribution in [2.24, 2.45) is 4.99 Å². The van der Waals surface area contributed by atoms with Crippen molar-refractivity contribution < 1.29 is 9.47 Å². The second-order valence-electron chi connectivity index (χ2n) is 7.27. The Bertz CT molecular complexity index is 1190. The van der Waals surface area contributed by atoms with E-state index in [0.717, 1.165) is 46.9 Å². The molecule has 0 spiro atoms. The van der Waals surface area contributed by atoms with Crippen molar-refractivity contribution in [2.45, 2.75) is 19.8 Å². The number of methoxy groups -OCH3 is 1. The van der Waals surface area contributed by atoms with Gasteiger partial charge in [-0.25, -0.2) is 4.99 Å². The molecule has 0 saturated carbocycles. The molecule has 0 aliphatic carbocycles. The van der Waals surface area contributed by atoms with Crippen molar-refractivity contribution in [3.8, 4) is 17.6 Å². The van der Waals surface area contributed by atoms with Gasteiger partial charge in [0, 0.05) is 23.4 Å². The molecular weight excluding hydrogens is 400 g/mol. The van der Waals surface area contributed by atoms with E-state index in [0.29, 0.717) is 23.7 Å². The zero-order valence-electron chi connectivity index (χ0n) is 18.1. The number of aromatic nitrogens is 1. The van der Waals surface area contributed by atoms with Crippen molar-refractivity contribution in [2.75, 3.05) is 19.0 Å². The Kier molecular flexibility index (Phi) is 6.47. The third-order valence-electron chi connectivity index (χ3n) is 5.12. The van der Waals surface area contributed by atoms with Crippen molar-refractivity contribution in [3.63, 3.8) is 0 Å². The lowest BCUT2D eigenvalue weighted by Crippen LogP contribution is -2.17. The average Bonchev–Trinajstić information content (AvgIpc) is 2.85. The van der Waals surface area contributed by atoms with Crippen LogP contribution in [0.1, 0.15) is 36.6 Å². The first-order chi connectivity index (χ1) is 15.7. The summed E-state index contributed by atoms with van der Waals surface area (Å²) in [4.78, 5) is 9.18. The molecule has 3 aromatic rings. The number of unbranched alkanes of at least 4 members (excludes halogenated alkanes) is 1. The zero-order chi connectivity index (χ0) is 22.3. The lowest BCUT2D eigenvalue weighted by atomic mass is 9.98. The molecule has 32 heavy (non-hydrogen) atoms. The topological polar surface area (TPSA) is 79.5 Å². The Hall–Kier alpha value is -4.11. The van der Waals surface area contributed by atoms with Crippen LogP contribution in [0.4, 0.5) is 5.69 Å². The molecule has 2 aromatic carbocycles. The van der Waals surface area contributed by atoms with Gasteiger partial charge in [0.1, 0.15) is 23.1 Å². The number of anilines is 1. The summed E-state index contributed by atoms with van der Waals surface area (Å²) < 4.78 is 11.2. The van der Waals surface area contributed by atoms with Crippen molar-refractivity contribution in [1.29, 1.82) is 5.26 Å². The minimum Gasteiger partial charge on any atom is -0.497 e. The molecule has 0 atom stereocenters. The highest BCUT2D eigenvalue weighted by molar-refractivity contribution is 6.18. The lowest BCUT2D eigenvalue weighted by molar-refractivity contribution is 0.309. The molecular formula is C26H24N4O2. The number of allylic oxidation sites excluding steroid dienone is 1. The maximum atomic E-state index is 9.90. The van der Waals surface area contributed by atoms with E-state index in [1.165, 1.54) is 0 Å². The highest BCUT2D eigenvalue weighted by Gasteiger charge is 2.22. The van der Waals surface area contributed by atoms with Crippen LogP contribution in [0.3, 0.4) is 0 Å². The normalized spacial score (nSPS) is 13.8. The number of hydrogen-bond acceptors (Lipinski definition) is 6. The predicted molar refractivity (Wildman–Crippen MR) is 126 cm³/mol.